The maximum Gasteiger partial charge on any atom is 0.573 e. The first kappa shape index (κ1) is 39.6. The number of phenols is 1. The lowest BCUT2D eigenvalue weighted by Gasteiger charge is -2.49. The Morgan fingerprint density at radius 2 is 1.79 bits per heavy atom. The Morgan fingerprint density at radius 3 is 2.52 bits per heavy atom. The molecule has 0 unspecified atom stereocenters. The van der Waals surface area contributed by atoms with Crippen molar-refractivity contribution in [2.45, 2.75) is 64.7 Å². The minimum atomic E-state index is -5.08. The second kappa shape index (κ2) is 14.3. The smallest absolute Gasteiger partial charge is 0.508 e. The zero-order valence-corrected chi connectivity index (χ0v) is 33.1. The van der Waals surface area contributed by atoms with Crippen molar-refractivity contribution < 1.29 is 52.1 Å². The van der Waals surface area contributed by atoms with Gasteiger partial charge in [0.25, 0.3) is 0 Å². The summed E-state index contributed by atoms with van der Waals surface area (Å²) < 4.78 is 47.1. The minimum absolute atomic E-state index is 0.0209. The molecule has 17 heteroatoms. The Bertz CT molecular complexity index is 2460. The standard InChI is InChI=1S/C41H38ClF3N4O8S/c1-19-24-15-20(42)8-13-30(24)58-35(19)28-18-31(47(3)46-28)49-37(54)27-17-25-22(10-11-23-33(25)38(55)48(36(23)53)14-6-4-5-7-32(51)52)34(40(27,2)39(49)56)26-16-21(9-12-29(26)50)57-41(43,44)45/h8-10,12-13,15-16,18,23,25,27,33-34,50H,4-7,11,14,17H2,1-3H3,(H,51,52)/t23-,25+,27-,33-,34+,40+/m0/s1. The Hall–Kier alpha value is -5.22. The number of alkyl halides is 3. The highest BCUT2D eigenvalue weighted by Crippen LogP contribution is 2.64. The summed E-state index contributed by atoms with van der Waals surface area (Å²) >= 11 is 7.75. The number of phenolic OH excluding ortho intramolecular Hbond substituents is 1. The molecule has 304 valence electrons. The van der Waals surface area contributed by atoms with E-state index in [1.54, 1.807) is 32.2 Å². The fraction of sp³-hybridized carbons (Fsp3) is 0.415. The molecule has 0 bridgehead atoms. The van der Waals surface area contributed by atoms with E-state index in [9.17, 15) is 37.5 Å². The van der Waals surface area contributed by atoms with Crippen molar-refractivity contribution in [3.63, 3.8) is 0 Å². The van der Waals surface area contributed by atoms with E-state index in [0.29, 0.717) is 35.6 Å². The molecule has 8 rings (SSSR count). The number of hydrogen-bond donors (Lipinski definition) is 2. The molecule has 2 N–H and O–H groups in total. The van der Waals surface area contributed by atoms with Gasteiger partial charge in [-0.05, 0) is 92.8 Å². The number of carbonyl (C=O) groups excluding carboxylic acids is 4. The molecule has 4 aliphatic rings. The van der Waals surface area contributed by atoms with Crippen molar-refractivity contribution in [2.24, 2.45) is 36.1 Å². The van der Waals surface area contributed by atoms with Gasteiger partial charge in [0.15, 0.2) is 0 Å². The average molecular weight is 839 g/mol. The molecule has 0 radical (unpaired) electrons. The van der Waals surface area contributed by atoms with E-state index in [-0.39, 0.29) is 37.2 Å². The first-order chi connectivity index (χ1) is 27.4. The highest BCUT2D eigenvalue weighted by Gasteiger charge is 2.68. The maximum atomic E-state index is 15.1. The van der Waals surface area contributed by atoms with Gasteiger partial charge < -0.3 is 14.9 Å². The van der Waals surface area contributed by atoms with Crippen molar-refractivity contribution in [2.75, 3.05) is 11.4 Å². The number of anilines is 1. The average Bonchev–Trinajstić information content (AvgIpc) is 3.82. The van der Waals surface area contributed by atoms with Crippen LogP contribution in [0.4, 0.5) is 19.0 Å². The number of aliphatic carboxylic acids is 1. The number of thiophene rings is 1. The van der Waals surface area contributed by atoms with Gasteiger partial charge in [-0.2, -0.15) is 5.10 Å². The van der Waals surface area contributed by atoms with E-state index in [4.69, 9.17) is 21.8 Å². The van der Waals surface area contributed by atoms with Gasteiger partial charge in [-0.15, -0.1) is 24.5 Å². The van der Waals surface area contributed by atoms with E-state index in [2.05, 4.69) is 4.74 Å². The molecule has 0 spiro atoms. The predicted molar refractivity (Wildman–Crippen MR) is 206 cm³/mol. The lowest BCUT2D eigenvalue weighted by molar-refractivity contribution is -0.274. The SMILES string of the molecule is Cc1c(-c2cc(N3C(=O)[C@@H]4C[C@@H]5C(=CC[C@@H]6C(=O)N(CCCCCC(=O)O)C(=O)[C@@H]65)[C@H](c5cc(OC(F)(F)F)ccc5O)[C@]4(C)C3=O)n(C)n2)sc2ccc(Cl)cc12. The summed E-state index contributed by atoms with van der Waals surface area (Å²) in [6.45, 7) is 3.56. The van der Waals surface area contributed by atoms with E-state index in [0.717, 1.165) is 43.6 Å². The number of amides is 4. The Morgan fingerprint density at radius 1 is 1.03 bits per heavy atom. The zero-order chi connectivity index (χ0) is 41.6. The summed E-state index contributed by atoms with van der Waals surface area (Å²) in [6.07, 6.45) is -2.08. The number of fused-ring (bicyclic) bond motifs is 5. The van der Waals surface area contributed by atoms with Crippen LogP contribution in [-0.4, -0.2) is 67.4 Å². The van der Waals surface area contributed by atoms with Crippen LogP contribution < -0.4 is 9.64 Å². The van der Waals surface area contributed by atoms with Crippen molar-refractivity contribution in [3.8, 4) is 22.1 Å². The van der Waals surface area contributed by atoms with Gasteiger partial charge in [0.2, 0.25) is 23.6 Å². The normalized spacial score (nSPS) is 25.6. The van der Waals surface area contributed by atoms with E-state index < -0.39 is 82.5 Å². The van der Waals surface area contributed by atoms with Crippen LogP contribution in [0.25, 0.3) is 20.7 Å². The zero-order valence-electron chi connectivity index (χ0n) is 31.5. The van der Waals surface area contributed by atoms with Crippen molar-refractivity contribution in [1.82, 2.24) is 14.7 Å². The number of aromatic nitrogens is 2. The number of nitrogens with zero attached hydrogens (tertiary/aromatic N) is 4. The quantitative estimate of drug-likeness (QED) is 0.0926. The molecule has 4 aromatic rings. The van der Waals surface area contributed by atoms with Crippen molar-refractivity contribution >= 4 is 68.4 Å². The topological polar surface area (TPSA) is 159 Å². The summed E-state index contributed by atoms with van der Waals surface area (Å²) in [6, 6.07) is 10.2. The molecule has 1 saturated carbocycles. The number of carboxylic acids is 1. The third-order valence-corrected chi connectivity index (χ3v) is 13.9. The Balaban J connectivity index is 1.20. The Labute approximate surface area is 338 Å². The van der Waals surface area contributed by atoms with Crippen LogP contribution in [0.5, 0.6) is 11.5 Å². The summed E-state index contributed by atoms with van der Waals surface area (Å²) in [5, 5.41) is 26.5. The first-order valence-corrected chi connectivity index (χ1v) is 20.1. The fourth-order valence-electron chi connectivity index (χ4n) is 9.76. The van der Waals surface area contributed by atoms with E-state index >= 15 is 4.79 Å². The van der Waals surface area contributed by atoms with Crippen LogP contribution in [0.2, 0.25) is 5.02 Å². The highest BCUT2D eigenvalue weighted by atomic mass is 35.5. The van der Waals surface area contributed by atoms with Crippen LogP contribution in [0.15, 0.2) is 54.1 Å². The number of allylic oxidation sites excluding steroid dienone is 2. The van der Waals surface area contributed by atoms with Gasteiger partial charge >= 0.3 is 12.3 Å². The van der Waals surface area contributed by atoms with Gasteiger partial charge in [-0.3, -0.25) is 33.6 Å². The lowest BCUT2D eigenvalue weighted by Crippen LogP contribution is -2.49. The maximum absolute atomic E-state index is 15.1. The summed E-state index contributed by atoms with van der Waals surface area (Å²) in [5.41, 5.74) is 0.0988. The van der Waals surface area contributed by atoms with Crippen LogP contribution in [0, 0.1) is 36.0 Å². The van der Waals surface area contributed by atoms with Crippen LogP contribution in [-0.2, 0) is 31.0 Å². The van der Waals surface area contributed by atoms with Crippen LogP contribution in [0.1, 0.15) is 62.5 Å². The number of imide groups is 2. The van der Waals surface area contributed by atoms with E-state index in [1.807, 2.05) is 19.1 Å². The Kier molecular flexibility index (Phi) is 9.73. The molecule has 2 aromatic carbocycles. The van der Waals surface area contributed by atoms with Crippen molar-refractivity contribution in [3.05, 3.63) is 70.3 Å². The summed E-state index contributed by atoms with van der Waals surface area (Å²) in [5.74, 6) is -8.84. The number of unbranched alkanes of at least 4 members (excludes halogenated alkanes) is 2. The number of halogens is 4. The number of aromatic hydroxyl groups is 1. The second-order valence-electron chi connectivity index (χ2n) is 15.7. The molecule has 12 nitrogen and oxygen atoms in total. The van der Waals surface area contributed by atoms with Crippen LogP contribution in [0.3, 0.4) is 0 Å². The minimum Gasteiger partial charge on any atom is -0.508 e. The molecule has 3 fully saturated rings. The fourth-order valence-corrected chi connectivity index (χ4v) is 11.1. The lowest BCUT2D eigenvalue weighted by atomic mass is 9.51. The molecular weight excluding hydrogens is 801 g/mol. The summed E-state index contributed by atoms with van der Waals surface area (Å²) in [7, 11) is 1.59. The van der Waals surface area contributed by atoms with Gasteiger partial charge in [0.1, 0.15) is 23.0 Å². The van der Waals surface area contributed by atoms with Crippen LogP contribution >= 0.6 is 22.9 Å². The molecule has 4 amide bonds. The van der Waals surface area contributed by atoms with Gasteiger partial charge in [-0.1, -0.05) is 29.7 Å². The number of hydrogen-bond acceptors (Lipinski definition) is 9. The van der Waals surface area contributed by atoms with Gasteiger partial charge in [0.05, 0.1) is 28.0 Å². The molecule has 2 aliphatic carbocycles. The third kappa shape index (κ3) is 6.35. The molecule has 4 heterocycles. The highest BCUT2D eigenvalue weighted by molar-refractivity contribution is 7.22. The number of carbonyl (C=O) groups is 5. The number of rotatable bonds is 10. The molecule has 2 saturated heterocycles. The predicted octanol–water partition coefficient (Wildman–Crippen LogP) is 7.74. The monoisotopic (exact) mass is 838 g/mol. The van der Waals surface area contributed by atoms with Crippen molar-refractivity contribution in [1.29, 1.82) is 0 Å². The molecule has 2 aliphatic heterocycles. The van der Waals surface area contributed by atoms with Gasteiger partial charge in [-0.25, -0.2) is 4.90 Å². The largest absolute Gasteiger partial charge is 0.573 e. The molecule has 6 atom stereocenters. The number of ether oxygens (including phenoxy) is 1. The number of benzene rings is 2. The van der Waals surface area contributed by atoms with E-state index in [1.165, 1.54) is 20.9 Å². The number of carboxylic acid groups (broad SMARTS) is 1. The first-order valence-electron chi connectivity index (χ1n) is 18.9. The molecular formula is C41H38ClF3N4O8S. The molecule has 58 heavy (non-hydrogen) atoms. The summed E-state index contributed by atoms with van der Waals surface area (Å²) in [4.78, 5) is 71.9. The third-order valence-electron chi connectivity index (χ3n) is 12.4. The second-order valence-corrected chi connectivity index (χ2v) is 17.2. The number of likely N-dealkylation sites (tertiary alicyclic amines) is 1. The number of aryl methyl sites for hydroxylation is 2. The molecule has 2 aromatic heterocycles. The van der Waals surface area contributed by atoms with Gasteiger partial charge in [0, 0.05) is 47.3 Å².